The number of thioether (sulfide) groups is 1. The van der Waals surface area contributed by atoms with E-state index in [9.17, 15) is 4.79 Å². The number of hydrogen-bond donors (Lipinski definition) is 0. The number of carbonyl (C=O) groups excluding carboxylic acids is 1. The van der Waals surface area contributed by atoms with Gasteiger partial charge in [0.25, 0.3) is 0 Å². The van der Waals surface area contributed by atoms with Gasteiger partial charge in [-0.15, -0.1) is 5.10 Å². The van der Waals surface area contributed by atoms with E-state index in [0.717, 1.165) is 23.7 Å². The molecule has 6 heteroatoms. The van der Waals surface area contributed by atoms with Gasteiger partial charge in [-0.2, -0.15) is 11.8 Å². The van der Waals surface area contributed by atoms with Gasteiger partial charge >= 0.3 is 5.97 Å². The molecule has 1 aromatic heterocycles. The van der Waals surface area contributed by atoms with E-state index in [-0.39, 0.29) is 0 Å². The van der Waals surface area contributed by atoms with Gasteiger partial charge < -0.3 is 4.74 Å². The molecule has 0 radical (unpaired) electrons. The van der Waals surface area contributed by atoms with Gasteiger partial charge in [-0.1, -0.05) is 12.1 Å². The Hall–Kier alpha value is -1.04. The van der Waals surface area contributed by atoms with E-state index >= 15 is 0 Å². The quantitative estimate of drug-likeness (QED) is 0.560. The van der Waals surface area contributed by atoms with Gasteiger partial charge in [0.05, 0.1) is 18.8 Å². The monoisotopic (exact) mass is 243 g/mol. The van der Waals surface area contributed by atoms with Crippen LogP contribution in [0, 0.1) is 6.92 Å². The van der Waals surface area contributed by atoms with E-state index in [0.29, 0.717) is 12.3 Å². The number of rotatable bonds is 6. The molecule has 16 heavy (non-hydrogen) atoms. The van der Waals surface area contributed by atoms with E-state index in [1.54, 1.807) is 11.6 Å². The first-order valence-electron chi connectivity index (χ1n) is 5.35. The van der Waals surface area contributed by atoms with Gasteiger partial charge in [-0.05, 0) is 19.6 Å². The Balaban J connectivity index is 2.64. The second-order valence-electron chi connectivity index (χ2n) is 3.16. The minimum atomic E-state index is -0.394. The fourth-order valence-corrected chi connectivity index (χ4v) is 1.85. The van der Waals surface area contributed by atoms with Crippen molar-refractivity contribution in [2.75, 3.05) is 18.1 Å². The smallest absolute Gasteiger partial charge is 0.360 e. The number of aryl methyl sites for hydroxylation is 1. The second-order valence-corrected chi connectivity index (χ2v) is 4.56. The van der Waals surface area contributed by atoms with Gasteiger partial charge in [0, 0.05) is 5.75 Å². The van der Waals surface area contributed by atoms with Crippen molar-refractivity contribution in [2.45, 2.75) is 27.3 Å². The fourth-order valence-electron chi connectivity index (χ4n) is 1.26. The lowest BCUT2D eigenvalue weighted by atomic mass is 10.3. The largest absolute Gasteiger partial charge is 0.461 e. The van der Waals surface area contributed by atoms with Crippen LogP contribution in [0.3, 0.4) is 0 Å². The number of ether oxygens (including phenoxy) is 1. The maximum Gasteiger partial charge on any atom is 0.360 e. The Morgan fingerprint density at radius 1 is 1.50 bits per heavy atom. The summed E-state index contributed by atoms with van der Waals surface area (Å²) < 4.78 is 6.63. The van der Waals surface area contributed by atoms with Crippen LogP contribution in [0.5, 0.6) is 0 Å². The molecule has 5 nitrogen and oxygen atoms in total. The lowest BCUT2D eigenvalue weighted by Crippen LogP contribution is -2.09. The molecule has 0 amide bonds. The molecule has 0 bridgehead atoms. The predicted octanol–water partition coefficient (Wildman–Crippen LogP) is 1.52. The van der Waals surface area contributed by atoms with Gasteiger partial charge in [-0.3, -0.25) is 0 Å². The van der Waals surface area contributed by atoms with Crippen LogP contribution >= 0.6 is 11.8 Å². The Morgan fingerprint density at radius 2 is 2.25 bits per heavy atom. The number of nitrogens with zero attached hydrogens (tertiary/aromatic N) is 3. The summed E-state index contributed by atoms with van der Waals surface area (Å²) in [6.07, 6.45) is 0. The summed E-state index contributed by atoms with van der Waals surface area (Å²) in [4.78, 5) is 11.5. The molecule has 1 rings (SSSR count). The summed E-state index contributed by atoms with van der Waals surface area (Å²) in [5, 5.41) is 7.79. The third-order valence-electron chi connectivity index (χ3n) is 2.10. The summed E-state index contributed by atoms with van der Waals surface area (Å²) in [6.45, 7) is 6.86. The molecule has 0 fully saturated rings. The summed E-state index contributed by atoms with van der Waals surface area (Å²) in [5.41, 5.74) is 1.10. The molecule has 1 heterocycles. The van der Waals surface area contributed by atoms with Gasteiger partial charge in [-0.25, -0.2) is 9.48 Å². The second kappa shape index (κ2) is 6.52. The normalized spacial score (nSPS) is 10.4. The first-order chi connectivity index (χ1) is 7.70. The van der Waals surface area contributed by atoms with Crippen LogP contribution in [0.4, 0.5) is 0 Å². The van der Waals surface area contributed by atoms with Crippen molar-refractivity contribution in [3.05, 3.63) is 11.4 Å². The summed E-state index contributed by atoms with van der Waals surface area (Å²) in [5.74, 6) is 1.66. The van der Waals surface area contributed by atoms with E-state index in [4.69, 9.17) is 4.74 Å². The van der Waals surface area contributed by atoms with Crippen LogP contribution in [0.2, 0.25) is 0 Å². The zero-order valence-corrected chi connectivity index (χ0v) is 10.7. The average Bonchev–Trinajstić information content (AvgIpc) is 2.61. The van der Waals surface area contributed by atoms with Crippen LogP contribution < -0.4 is 0 Å². The lowest BCUT2D eigenvalue weighted by molar-refractivity contribution is 0.0518. The van der Waals surface area contributed by atoms with Gasteiger partial charge in [0.1, 0.15) is 0 Å². The van der Waals surface area contributed by atoms with Crippen molar-refractivity contribution >= 4 is 17.7 Å². The van der Waals surface area contributed by atoms with E-state index in [1.165, 1.54) is 0 Å². The van der Waals surface area contributed by atoms with Crippen LogP contribution in [0.1, 0.15) is 30.0 Å². The van der Waals surface area contributed by atoms with Crippen molar-refractivity contribution in [3.8, 4) is 0 Å². The highest BCUT2D eigenvalue weighted by atomic mass is 32.2. The molecule has 0 saturated carbocycles. The molecular weight excluding hydrogens is 226 g/mol. The van der Waals surface area contributed by atoms with E-state index in [1.807, 2.05) is 18.7 Å². The molecule has 0 atom stereocenters. The van der Waals surface area contributed by atoms with Gasteiger partial charge in [0.15, 0.2) is 5.69 Å². The van der Waals surface area contributed by atoms with Crippen molar-refractivity contribution < 1.29 is 9.53 Å². The third-order valence-corrected chi connectivity index (χ3v) is 2.98. The molecule has 0 N–H and O–H groups in total. The number of hydrogen-bond acceptors (Lipinski definition) is 5. The maximum atomic E-state index is 11.5. The Labute approximate surface area is 99.5 Å². The molecular formula is C10H17N3O2S. The number of aromatic nitrogens is 3. The first-order valence-corrected chi connectivity index (χ1v) is 6.51. The molecule has 0 saturated heterocycles. The van der Waals surface area contributed by atoms with Crippen molar-refractivity contribution in [1.82, 2.24) is 15.0 Å². The fraction of sp³-hybridized carbons (Fsp3) is 0.700. The first kappa shape index (κ1) is 13.0. The van der Waals surface area contributed by atoms with Crippen molar-refractivity contribution in [3.63, 3.8) is 0 Å². The molecule has 0 aliphatic heterocycles. The molecule has 0 aliphatic carbocycles. The Kier molecular flexibility index (Phi) is 5.31. The minimum Gasteiger partial charge on any atom is -0.461 e. The van der Waals surface area contributed by atoms with Crippen molar-refractivity contribution in [1.29, 1.82) is 0 Å². The highest BCUT2D eigenvalue weighted by molar-refractivity contribution is 7.99. The lowest BCUT2D eigenvalue weighted by Gasteiger charge is -2.02. The Morgan fingerprint density at radius 3 is 2.88 bits per heavy atom. The zero-order valence-electron chi connectivity index (χ0n) is 9.89. The highest BCUT2D eigenvalue weighted by Gasteiger charge is 2.16. The molecule has 0 aliphatic rings. The van der Waals surface area contributed by atoms with Gasteiger partial charge in [0.2, 0.25) is 0 Å². The van der Waals surface area contributed by atoms with Crippen LogP contribution in [-0.4, -0.2) is 39.1 Å². The minimum absolute atomic E-state index is 0.323. The number of esters is 1. The summed E-state index contributed by atoms with van der Waals surface area (Å²) in [6, 6.07) is 0. The van der Waals surface area contributed by atoms with Crippen LogP contribution in [0.25, 0.3) is 0 Å². The standard InChI is InChI=1S/C10H17N3O2S/c1-4-15-10(14)9-8(3)13(12-11-9)6-7-16-5-2/h4-7H2,1-3H3. The van der Waals surface area contributed by atoms with E-state index < -0.39 is 5.97 Å². The third kappa shape index (κ3) is 3.23. The molecule has 0 spiro atoms. The average molecular weight is 243 g/mol. The topological polar surface area (TPSA) is 57.0 Å². The van der Waals surface area contributed by atoms with Crippen LogP contribution in [0.15, 0.2) is 0 Å². The predicted molar refractivity (Wildman–Crippen MR) is 63.7 cm³/mol. The maximum absolute atomic E-state index is 11.5. The Bertz CT molecular complexity index is 352. The molecule has 1 aromatic rings. The van der Waals surface area contributed by atoms with Crippen molar-refractivity contribution in [2.24, 2.45) is 0 Å². The SMILES string of the molecule is CCOC(=O)c1nnn(CCSCC)c1C. The summed E-state index contributed by atoms with van der Waals surface area (Å²) in [7, 11) is 0. The van der Waals surface area contributed by atoms with E-state index in [2.05, 4.69) is 17.2 Å². The summed E-state index contributed by atoms with van der Waals surface area (Å²) >= 11 is 1.83. The zero-order chi connectivity index (χ0) is 12.0. The molecule has 0 unspecified atom stereocenters. The number of carbonyl (C=O) groups is 1. The highest BCUT2D eigenvalue weighted by Crippen LogP contribution is 2.07. The van der Waals surface area contributed by atoms with Crippen LogP contribution in [-0.2, 0) is 11.3 Å². The molecule has 90 valence electrons. The molecule has 0 aromatic carbocycles.